The van der Waals surface area contributed by atoms with Gasteiger partial charge in [0.1, 0.15) is 0 Å². The lowest BCUT2D eigenvalue weighted by molar-refractivity contribution is -0.146. The minimum absolute atomic E-state index is 0.0466. The summed E-state index contributed by atoms with van der Waals surface area (Å²) in [4.78, 5) is 11.3. The molecule has 1 N–H and O–H groups in total. The first-order valence-corrected chi connectivity index (χ1v) is 5.54. The zero-order valence-corrected chi connectivity index (χ0v) is 9.84. The van der Waals surface area contributed by atoms with E-state index in [-0.39, 0.29) is 24.2 Å². The predicted molar refractivity (Wildman–Crippen MR) is 57.7 cm³/mol. The molecule has 0 aromatic carbocycles. The summed E-state index contributed by atoms with van der Waals surface area (Å²) in [6.07, 6.45) is 2.04. The molecule has 0 spiro atoms. The van der Waals surface area contributed by atoms with E-state index in [1.165, 1.54) is 0 Å². The summed E-state index contributed by atoms with van der Waals surface area (Å²) in [5.41, 5.74) is -0.0751. The molecular formula is C11H21NO3. The second kappa shape index (κ2) is 5.47. The summed E-state index contributed by atoms with van der Waals surface area (Å²) in [6, 6.07) is 0. The minimum Gasteiger partial charge on any atom is -0.462 e. The molecule has 0 radical (unpaired) electrons. The largest absolute Gasteiger partial charge is 0.462 e. The lowest BCUT2D eigenvalue weighted by Crippen LogP contribution is -2.51. The van der Waals surface area contributed by atoms with Gasteiger partial charge in [-0.3, -0.25) is 10.1 Å². The molecule has 1 aliphatic heterocycles. The highest BCUT2D eigenvalue weighted by Gasteiger charge is 2.27. The van der Waals surface area contributed by atoms with Crippen molar-refractivity contribution in [2.75, 3.05) is 19.8 Å². The second-order valence-electron chi connectivity index (χ2n) is 4.61. The number of carbonyl (C=O) groups excluding carboxylic acids is 1. The number of hydrogen-bond donors (Lipinski definition) is 1. The number of rotatable bonds is 4. The second-order valence-corrected chi connectivity index (χ2v) is 4.61. The van der Waals surface area contributed by atoms with Crippen LogP contribution in [0.2, 0.25) is 0 Å². The fourth-order valence-corrected chi connectivity index (χ4v) is 1.66. The monoisotopic (exact) mass is 215 g/mol. The highest BCUT2D eigenvalue weighted by Crippen LogP contribution is 2.17. The predicted octanol–water partition coefficient (Wildman–Crippen LogP) is 1.10. The highest BCUT2D eigenvalue weighted by molar-refractivity contribution is 5.71. The zero-order valence-electron chi connectivity index (χ0n) is 9.84. The summed E-state index contributed by atoms with van der Waals surface area (Å²) in [7, 11) is 0. The van der Waals surface area contributed by atoms with Crippen molar-refractivity contribution in [3.05, 3.63) is 0 Å². The molecule has 0 aromatic rings. The Bertz CT molecular complexity index is 210. The van der Waals surface area contributed by atoms with E-state index in [1.807, 2.05) is 13.8 Å². The molecule has 1 aliphatic rings. The molecule has 88 valence electrons. The van der Waals surface area contributed by atoms with Crippen LogP contribution in [0.3, 0.4) is 0 Å². The van der Waals surface area contributed by atoms with Crippen LogP contribution in [0.25, 0.3) is 0 Å². The van der Waals surface area contributed by atoms with E-state index >= 15 is 0 Å². The van der Waals surface area contributed by atoms with Crippen molar-refractivity contribution < 1.29 is 14.3 Å². The average Bonchev–Trinajstić information content (AvgIpc) is 2.15. The molecule has 0 aromatic heterocycles. The maximum Gasteiger partial charge on any atom is 0.320 e. The number of ether oxygens (including phenoxy) is 2. The van der Waals surface area contributed by atoms with E-state index in [2.05, 4.69) is 12.2 Å². The average molecular weight is 215 g/mol. The Hall–Kier alpha value is -0.610. The summed E-state index contributed by atoms with van der Waals surface area (Å²) in [5, 5.41) is 3.20. The molecular weight excluding hydrogens is 194 g/mol. The fraction of sp³-hybridized carbons (Fsp3) is 0.909. The first-order chi connectivity index (χ1) is 7.02. The lowest BCUT2D eigenvalue weighted by Gasteiger charge is -2.34. The normalized spacial score (nSPS) is 26.7. The SMILES string of the molecule is CC(C)OC(=O)CNC1(C)CCCOC1. The van der Waals surface area contributed by atoms with Gasteiger partial charge in [-0.15, -0.1) is 0 Å². The minimum atomic E-state index is -0.197. The van der Waals surface area contributed by atoms with Crippen LogP contribution in [-0.2, 0) is 14.3 Å². The molecule has 1 unspecified atom stereocenters. The van der Waals surface area contributed by atoms with Crippen molar-refractivity contribution in [3.63, 3.8) is 0 Å². The lowest BCUT2D eigenvalue weighted by atomic mass is 9.95. The third-order valence-corrected chi connectivity index (χ3v) is 2.46. The molecule has 1 atom stereocenters. The quantitative estimate of drug-likeness (QED) is 0.713. The molecule has 0 amide bonds. The van der Waals surface area contributed by atoms with Gasteiger partial charge in [0, 0.05) is 12.1 Å². The fourth-order valence-electron chi connectivity index (χ4n) is 1.66. The first-order valence-electron chi connectivity index (χ1n) is 5.54. The van der Waals surface area contributed by atoms with Crippen molar-refractivity contribution in [1.29, 1.82) is 0 Å². The zero-order chi connectivity index (χ0) is 11.3. The van der Waals surface area contributed by atoms with Gasteiger partial charge in [-0.05, 0) is 33.6 Å². The van der Waals surface area contributed by atoms with Crippen LogP contribution in [0.1, 0.15) is 33.6 Å². The van der Waals surface area contributed by atoms with Gasteiger partial charge in [0.05, 0.1) is 19.3 Å². The molecule has 1 heterocycles. The van der Waals surface area contributed by atoms with Crippen LogP contribution >= 0.6 is 0 Å². The molecule has 4 heteroatoms. The van der Waals surface area contributed by atoms with Gasteiger partial charge in [0.2, 0.25) is 0 Å². The number of carbonyl (C=O) groups is 1. The van der Waals surface area contributed by atoms with Crippen molar-refractivity contribution >= 4 is 5.97 Å². The third-order valence-electron chi connectivity index (χ3n) is 2.46. The Kier molecular flexibility index (Phi) is 4.54. The molecule has 1 rings (SSSR count). The van der Waals surface area contributed by atoms with Crippen LogP contribution in [0.15, 0.2) is 0 Å². The van der Waals surface area contributed by atoms with Crippen LogP contribution in [0.4, 0.5) is 0 Å². The Morgan fingerprint density at radius 1 is 1.60 bits per heavy atom. The maximum absolute atomic E-state index is 11.3. The van der Waals surface area contributed by atoms with E-state index in [1.54, 1.807) is 0 Å². The molecule has 15 heavy (non-hydrogen) atoms. The topological polar surface area (TPSA) is 47.6 Å². The van der Waals surface area contributed by atoms with Gasteiger partial charge < -0.3 is 9.47 Å². The van der Waals surface area contributed by atoms with Crippen molar-refractivity contribution in [2.24, 2.45) is 0 Å². The third kappa shape index (κ3) is 4.62. The molecule has 0 bridgehead atoms. The highest BCUT2D eigenvalue weighted by atomic mass is 16.5. The van der Waals surface area contributed by atoms with Crippen LogP contribution in [0, 0.1) is 0 Å². The van der Waals surface area contributed by atoms with Gasteiger partial charge in [0.15, 0.2) is 0 Å². The molecule has 0 saturated carbocycles. The summed E-state index contributed by atoms with van der Waals surface area (Å²) in [6.45, 7) is 7.54. The van der Waals surface area contributed by atoms with Crippen LogP contribution < -0.4 is 5.32 Å². The molecule has 4 nitrogen and oxygen atoms in total. The van der Waals surface area contributed by atoms with Crippen molar-refractivity contribution in [3.8, 4) is 0 Å². The summed E-state index contributed by atoms with van der Waals surface area (Å²) in [5.74, 6) is -0.197. The van der Waals surface area contributed by atoms with E-state index in [4.69, 9.17) is 9.47 Å². The van der Waals surface area contributed by atoms with Gasteiger partial charge in [-0.25, -0.2) is 0 Å². The molecule has 1 saturated heterocycles. The molecule has 0 aliphatic carbocycles. The molecule has 1 fully saturated rings. The summed E-state index contributed by atoms with van der Waals surface area (Å²) < 4.78 is 10.4. The van der Waals surface area contributed by atoms with E-state index < -0.39 is 0 Å². The van der Waals surface area contributed by atoms with E-state index in [0.717, 1.165) is 19.4 Å². The first kappa shape index (κ1) is 12.5. The van der Waals surface area contributed by atoms with E-state index in [0.29, 0.717) is 6.61 Å². The van der Waals surface area contributed by atoms with Crippen LogP contribution in [-0.4, -0.2) is 37.4 Å². The Labute approximate surface area is 91.3 Å². The van der Waals surface area contributed by atoms with Crippen LogP contribution in [0.5, 0.6) is 0 Å². The maximum atomic E-state index is 11.3. The van der Waals surface area contributed by atoms with Gasteiger partial charge in [0.25, 0.3) is 0 Å². The standard InChI is InChI=1S/C11H21NO3/c1-9(2)15-10(13)7-12-11(3)5-4-6-14-8-11/h9,12H,4-8H2,1-3H3. The van der Waals surface area contributed by atoms with Gasteiger partial charge in [-0.2, -0.15) is 0 Å². The Morgan fingerprint density at radius 2 is 2.33 bits per heavy atom. The Morgan fingerprint density at radius 3 is 2.87 bits per heavy atom. The number of nitrogens with one attached hydrogen (secondary N) is 1. The number of hydrogen-bond acceptors (Lipinski definition) is 4. The van der Waals surface area contributed by atoms with Gasteiger partial charge in [-0.1, -0.05) is 0 Å². The van der Waals surface area contributed by atoms with Crippen molar-refractivity contribution in [1.82, 2.24) is 5.32 Å². The summed E-state index contributed by atoms with van der Waals surface area (Å²) >= 11 is 0. The smallest absolute Gasteiger partial charge is 0.320 e. The van der Waals surface area contributed by atoms with E-state index in [9.17, 15) is 4.79 Å². The Balaban J connectivity index is 2.25. The number of esters is 1. The van der Waals surface area contributed by atoms with Gasteiger partial charge >= 0.3 is 5.97 Å². The van der Waals surface area contributed by atoms with Crippen molar-refractivity contribution in [2.45, 2.75) is 45.3 Å².